The van der Waals surface area contributed by atoms with E-state index < -0.39 is 12.1 Å². The predicted octanol–water partition coefficient (Wildman–Crippen LogP) is 3.69. The van der Waals surface area contributed by atoms with Crippen LogP contribution in [-0.2, 0) is 0 Å². The van der Waals surface area contributed by atoms with Crippen LogP contribution in [0.3, 0.4) is 0 Å². The van der Waals surface area contributed by atoms with Gasteiger partial charge in [-0.05, 0) is 32.1 Å². The van der Waals surface area contributed by atoms with Gasteiger partial charge in [-0.25, -0.2) is 0 Å². The molecule has 0 bridgehead atoms. The molecule has 0 aromatic rings. The van der Waals surface area contributed by atoms with Crippen molar-refractivity contribution in [2.75, 3.05) is 0 Å². The van der Waals surface area contributed by atoms with E-state index in [1.807, 2.05) is 12.2 Å². The van der Waals surface area contributed by atoms with E-state index in [0.29, 0.717) is 19.3 Å². The largest absolute Gasteiger partial charge is 0.391 e. The van der Waals surface area contributed by atoms with Gasteiger partial charge >= 0.3 is 6.18 Å². The highest BCUT2D eigenvalue weighted by Crippen LogP contribution is 2.34. The molecular weight excluding hydrogens is 165 g/mol. The minimum atomic E-state index is -3.98. The Balaban J connectivity index is 2.48. The molecule has 0 radical (unpaired) electrons. The summed E-state index contributed by atoms with van der Waals surface area (Å²) in [6.07, 6.45) is 2.46. The number of allylic oxidation sites excluding steroid dienone is 2. The molecule has 1 atom stereocenters. The third kappa shape index (κ3) is 2.88. The van der Waals surface area contributed by atoms with Crippen molar-refractivity contribution in [1.29, 1.82) is 0 Å². The molecule has 0 amide bonds. The average molecular weight is 178 g/mol. The smallest absolute Gasteiger partial charge is 0.171 e. The van der Waals surface area contributed by atoms with E-state index in [4.69, 9.17) is 0 Å². The molecule has 0 aromatic heterocycles. The van der Waals surface area contributed by atoms with E-state index in [-0.39, 0.29) is 6.42 Å². The van der Waals surface area contributed by atoms with Crippen LogP contribution < -0.4 is 0 Å². The summed E-state index contributed by atoms with van der Waals surface area (Å²) in [4.78, 5) is 0. The van der Waals surface area contributed by atoms with E-state index >= 15 is 0 Å². The number of halogens is 3. The Morgan fingerprint density at radius 1 is 1.00 bits per heavy atom. The quantitative estimate of drug-likeness (QED) is 0.496. The molecule has 1 aliphatic carbocycles. The number of alkyl halides is 3. The van der Waals surface area contributed by atoms with Crippen LogP contribution in [0.5, 0.6) is 0 Å². The van der Waals surface area contributed by atoms with Crippen LogP contribution in [0.25, 0.3) is 0 Å². The molecule has 0 saturated carbocycles. The second kappa shape index (κ2) is 3.97. The first-order valence-electron chi connectivity index (χ1n) is 4.32. The van der Waals surface area contributed by atoms with Crippen LogP contribution in [0.15, 0.2) is 12.2 Å². The Bertz CT molecular complexity index is 158. The standard InChI is InChI=1S/C9H13F3/c10-9(11,12)8-6-4-2-1-3-5-7-8/h1-2,8H,3-7H2/b2-1+. The number of hydrogen-bond acceptors (Lipinski definition) is 0. The third-order valence-corrected chi connectivity index (χ3v) is 2.23. The Kier molecular flexibility index (Phi) is 3.18. The first-order valence-corrected chi connectivity index (χ1v) is 4.32. The van der Waals surface area contributed by atoms with Crippen molar-refractivity contribution in [1.82, 2.24) is 0 Å². The van der Waals surface area contributed by atoms with Gasteiger partial charge in [-0.1, -0.05) is 12.2 Å². The molecule has 0 aromatic carbocycles. The maximum atomic E-state index is 12.2. The lowest BCUT2D eigenvalue weighted by molar-refractivity contribution is -0.178. The summed E-state index contributed by atoms with van der Waals surface area (Å²) < 4.78 is 36.7. The normalized spacial score (nSPS) is 29.1. The molecule has 0 nitrogen and oxygen atoms in total. The molecule has 0 spiro atoms. The molecular formula is C9H13F3. The lowest BCUT2D eigenvalue weighted by atomic mass is 9.94. The van der Waals surface area contributed by atoms with Crippen molar-refractivity contribution in [3.63, 3.8) is 0 Å². The summed E-state index contributed by atoms with van der Waals surface area (Å²) in [6.45, 7) is 0. The minimum absolute atomic E-state index is 0.264. The van der Waals surface area contributed by atoms with E-state index in [1.54, 1.807) is 0 Å². The van der Waals surface area contributed by atoms with Crippen molar-refractivity contribution < 1.29 is 13.2 Å². The Morgan fingerprint density at radius 3 is 2.33 bits per heavy atom. The first-order chi connectivity index (χ1) is 5.61. The van der Waals surface area contributed by atoms with Crippen molar-refractivity contribution in [2.24, 2.45) is 5.92 Å². The molecule has 0 aliphatic heterocycles. The van der Waals surface area contributed by atoms with Crippen LogP contribution in [0, 0.1) is 5.92 Å². The van der Waals surface area contributed by atoms with Gasteiger partial charge in [-0.3, -0.25) is 0 Å². The van der Waals surface area contributed by atoms with E-state index in [2.05, 4.69) is 0 Å². The number of hydrogen-bond donors (Lipinski definition) is 0. The second-order valence-electron chi connectivity index (χ2n) is 3.22. The summed E-state index contributed by atoms with van der Waals surface area (Å²) in [5.74, 6) is -1.07. The second-order valence-corrected chi connectivity index (χ2v) is 3.22. The molecule has 70 valence electrons. The molecule has 0 saturated heterocycles. The van der Waals surface area contributed by atoms with Crippen LogP contribution in [0.4, 0.5) is 13.2 Å². The molecule has 0 heterocycles. The summed E-state index contributed by atoms with van der Waals surface area (Å²) in [5.41, 5.74) is 0. The Morgan fingerprint density at radius 2 is 1.67 bits per heavy atom. The van der Waals surface area contributed by atoms with Gasteiger partial charge in [-0.2, -0.15) is 13.2 Å². The van der Waals surface area contributed by atoms with Gasteiger partial charge < -0.3 is 0 Å². The maximum absolute atomic E-state index is 12.2. The first kappa shape index (κ1) is 9.62. The fourth-order valence-corrected chi connectivity index (χ4v) is 1.49. The fraction of sp³-hybridized carbons (Fsp3) is 0.778. The van der Waals surface area contributed by atoms with E-state index in [9.17, 15) is 13.2 Å². The highest BCUT2D eigenvalue weighted by atomic mass is 19.4. The van der Waals surface area contributed by atoms with Gasteiger partial charge in [-0.15, -0.1) is 0 Å². The topological polar surface area (TPSA) is 0 Å². The highest BCUT2D eigenvalue weighted by Gasteiger charge is 2.38. The van der Waals surface area contributed by atoms with E-state index in [0.717, 1.165) is 6.42 Å². The van der Waals surface area contributed by atoms with Gasteiger partial charge in [0.25, 0.3) is 0 Å². The Labute approximate surface area is 70.5 Å². The van der Waals surface area contributed by atoms with Gasteiger partial charge in [0, 0.05) is 0 Å². The minimum Gasteiger partial charge on any atom is -0.171 e. The van der Waals surface area contributed by atoms with Crippen LogP contribution in [0.1, 0.15) is 32.1 Å². The summed E-state index contributed by atoms with van der Waals surface area (Å²) in [7, 11) is 0. The lowest BCUT2D eigenvalue weighted by Gasteiger charge is -2.20. The Hall–Kier alpha value is -0.470. The predicted molar refractivity (Wildman–Crippen MR) is 41.8 cm³/mol. The summed E-state index contributed by atoms with van der Waals surface area (Å²) in [5, 5.41) is 0. The van der Waals surface area contributed by atoms with Crippen LogP contribution >= 0.6 is 0 Å². The SMILES string of the molecule is FC(F)(F)C1CC/C=C/CCC1. The van der Waals surface area contributed by atoms with Crippen LogP contribution in [-0.4, -0.2) is 6.18 Å². The molecule has 1 aliphatic rings. The maximum Gasteiger partial charge on any atom is 0.391 e. The van der Waals surface area contributed by atoms with Crippen molar-refractivity contribution in [3.8, 4) is 0 Å². The van der Waals surface area contributed by atoms with E-state index in [1.165, 1.54) is 0 Å². The van der Waals surface area contributed by atoms with Crippen molar-refractivity contribution in [3.05, 3.63) is 12.2 Å². The molecule has 0 N–H and O–H groups in total. The molecule has 1 rings (SSSR count). The van der Waals surface area contributed by atoms with Crippen molar-refractivity contribution in [2.45, 2.75) is 38.3 Å². The fourth-order valence-electron chi connectivity index (χ4n) is 1.49. The zero-order valence-corrected chi connectivity index (χ0v) is 6.90. The van der Waals surface area contributed by atoms with Gasteiger partial charge in [0.2, 0.25) is 0 Å². The van der Waals surface area contributed by atoms with Gasteiger partial charge in [0.05, 0.1) is 5.92 Å². The zero-order chi connectivity index (χ0) is 9.03. The monoisotopic (exact) mass is 178 g/mol. The highest BCUT2D eigenvalue weighted by molar-refractivity contribution is 4.86. The summed E-state index contributed by atoms with van der Waals surface area (Å²) in [6, 6.07) is 0. The zero-order valence-electron chi connectivity index (χ0n) is 6.90. The molecule has 12 heavy (non-hydrogen) atoms. The number of rotatable bonds is 0. The van der Waals surface area contributed by atoms with Crippen LogP contribution in [0.2, 0.25) is 0 Å². The molecule has 0 fully saturated rings. The molecule has 1 unspecified atom stereocenters. The van der Waals surface area contributed by atoms with Gasteiger partial charge in [0.15, 0.2) is 0 Å². The van der Waals surface area contributed by atoms with Gasteiger partial charge in [0.1, 0.15) is 0 Å². The van der Waals surface area contributed by atoms with Crippen molar-refractivity contribution >= 4 is 0 Å². The molecule has 3 heteroatoms. The lowest BCUT2D eigenvalue weighted by Crippen LogP contribution is -2.23. The average Bonchev–Trinajstić information content (AvgIpc) is 1.81. The third-order valence-electron chi connectivity index (χ3n) is 2.23. The summed E-state index contributed by atoms with van der Waals surface area (Å²) >= 11 is 0.